The maximum absolute atomic E-state index is 11.6. The van der Waals surface area contributed by atoms with Gasteiger partial charge in [-0.2, -0.15) is 0 Å². The van der Waals surface area contributed by atoms with Gasteiger partial charge in [0.15, 0.2) is 0 Å². The molecular weight excluding hydrogens is 304 g/mol. The van der Waals surface area contributed by atoms with Crippen LogP contribution in [0, 0.1) is 0 Å². The molecule has 0 fully saturated rings. The number of hydrogen-bond acceptors (Lipinski definition) is 5. The van der Waals surface area contributed by atoms with Crippen molar-refractivity contribution in [1.29, 1.82) is 0 Å². The molecule has 1 heterocycles. The highest BCUT2D eigenvalue weighted by Gasteiger charge is 2.26. The summed E-state index contributed by atoms with van der Waals surface area (Å²) in [4.78, 5) is 24.7. The van der Waals surface area contributed by atoms with Gasteiger partial charge in [0.05, 0.1) is 6.54 Å². The van der Waals surface area contributed by atoms with E-state index in [1.54, 1.807) is 0 Å². The van der Waals surface area contributed by atoms with Gasteiger partial charge < -0.3 is 15.4 Å². The Bertz CT molecular complexity index is 731. The molecule has 2 N–H and O–H groups in total. The van der Waals surface area contributed by atoms with Gasteiger partial charge in [0.1, 0.15) is 23.7 Å². The Morgan fingerprint density at radius 3 is 2.38 bits per heavy atom. The van der Waals surface area contributed by atoms with E-state index >= 15 is 0 Å². The summed E-state index contributed by atoms with van der Waals surface area (Å²) in [6, 6.07) is 6.08. The molecule has 0 amide bonds. The fourth-order valence-corrected chi connectivity index (χ4v) is 2.57. The first-order valence-corrected chi connectivity index (χ1v) is 8.70. The van der Waals surface area contributed by atoms with Crippen LogP contribution in [0.25, 0.3) is 0 Å². The fraction of sp³-hybridized carbons (Fsp3) is 0.474. The van der Waals surface area contributed by atoms with Gasteiger partial charge in [-0.15, -0.1) is 0 Å². The highest BCUT2D eigenvalue weighted by atomic mass is 16.5. The maximum Gasteiger partial charge on any atom is 0.253 e. The van der Waals surface area contributed by atoms with Crippen LogP contribution in [0.1, 0.15) is 45.7 Å². The number of benzene rings is 1. The van der Waals surface area contributed by atoms with Gasteiger partial charge in [-0.1, -0.05) is 46.8 Å². The number of nitrogen functional groups attached to an aromatic ring is 1. The first-order chi connectivity index (χ1) is 11.6. The number of ether oxygens (including phenoxy) is 1. The van der Waals surface area contributed by atoms with Crippen LogP contribution in [0.2, 0.25) is 0 Å². The van der Waals surface area contributed by atoms with Crippen molar-refractivity contribution in [2.45, 2.75) is 47.6 Å². The summed E-state index contributed by atoms with van der Waals surface area (Å²) in [6.07, 6.45) is 0.940. The molecule has 0 unspecified atom stereocenters. The number of nitrogens with two attached hydrogens (primary N) is 1. The Kier molecular flexibility index (Phi) is 7.49. The number of anilines is 2. The van der Waals surface area contributed by atoms with Crippen LogP contribution in [0.5, 0.6) is 5.75 Å². The lowest BCUT2D eigenvalue weighted by Gasteiger charge is -2.23. The molecular formula is C19H28N2O3. The van der Waals surface area contributed by atoms with Crippen molar-refractivity contribution < 1.29 is 4.74 Å². The molecule has 24 heavy (non-hydrogen) atoms. The van der Waals surface area contributed by atoms with Crippen LogP contribution in [0.4, 0.5) is 11.4 Å². The Balaban J connectivity index is 0.000000671. The number of hydrogen-bond donors (Lipinski definition) is 1. The van der Waals surface area contributed by atoms with Gasteiger partial charge in [-0.05, 0) is 18.1 Å². The lowest BCUT2D eigenvalue weighted by Crippen LogP contribution is -2.43. The Labute approximate surface area is 143 Å². The third-order valence-electron chi connectivity index (χ3n) is 3.75. The van der Waals surface area contributed by atoms with Gasteiger partial charge in [0, 0.05) is 12.1 Å². The summed E-state index contributed by atoms with van der Waals surface area (Å²) in [5.41, 5.74) is 7.23. The van der Waals surface area contributed by atoms with Gasteiger partial charge in [-0.25, -0.2) is 0 Å². The second kappa shape index (κ2) is 9.11. The van der Waals surface area contributed by atoms with Gasteiger partial charge in [0.25, 0.3) is 10.9 Å². The normalized spacial score (nSPS) is 12.8. The number of aryl methyl sites for hydroxylation is 1. The Hall–Kier alpha value is -2.30. The molecule has 0 saturated heterocycles. The second-order valence-corrected chi connectivity index (χ2v) is 4.99. The quantitative estimate of drug-likeness (QED) is 0.856. The highest BCUT2D eigenvalue weighted by Crippen LogP contribution is 2.28. The van der Waals surface area contributed by atoms with Crippen LogP contribution in [0.3, 0.4) is 0 Å². The minimum atomic E-state index is -0.576. The van der Waals surface area contributed by atoms with Crippen molar-refractivity contribution in [3.63, 3.8) is 0 Å². The van der Waals surface area contributed by atoms with E-state index in [2.05, 4.69) is 13.0 Å². The molecule has 1 aliphatic heterocycles. The minimum Gasteiger partial charge on any atom is -0.491 e. The van der Waals surface area contributed by atoms with Crippen molar-refractivity contribution in [2.24, 2.45) is 0 Å². The molecule has 0 atom stereocenters. The summed E-state index contributed by atoms with van der Waals surface area (Å²) in [6.45, 7) is 11.6. The van der Waals surface area contributed by atoms with E-state index < -0.39 is 10.9 Å². The van der Waals surface area contributed by atoms with E-state index in [4.69, 9.17) is 10.5 Å². The van der Waals surface area contributed by atoms with E-state index in [0.717, 1.165) is 17.7 Å². The van der Waals surface area contributed by atoms with E-state index in [0.29, 0.717) is 25.4 Å². The molecule has 3 rings (SSSR count). The van der Waals surface area contributed by atoms with Gasteiger partial charge in [0.2, 0.25) is 0 Å². The maximum atomic E-state index is 11.6. The predicted octanol–water partition coefficient (Wildman–Crippen LogP) is 2.88. The third-order valence-corrected chi connectivity index (χ3v) is 3.75. The first kappa shape index (κ1) is 19.7. The molecule has 2 aromatic rings. The number of rotatable bonds is 2. The van der Waals surface area contributed by atoms with Crippen LogP contribution in [0.15, 0.2) is 27.8 Å². The largest absolute Gasteiger partial charge is 0.491 e. The molecule has 0 aliphatic carbocycles. The predicted molar refractivity (Wildman–Crippen MR) is 101 cm³/mol. The minimum absolute atomic E-state index is 0.0742. The Morgan fingerprint density at radius 1 is 1.12 bits per heavy atom. The van der Waals surface area contributed by atoms with Crippen LogP contribution in [-0.2, 0) is 13.0 Å². The molecule has 0 spiro atoms. The lowest BCUT2D eigenvalue weighted by atomic mass is 10.1. The third kappa shape index (κ3) is 3.78. The standard InChI is InChI=1S/C15H16N2O3.2C2H6/c1-2-9-3-4-11-10(7-9)8-17(5-6-20-11)13-12(16)14(18)15(13)19;2*1-2/h3-4,7H,2,5-6,8,16H2,1H3;2*1-2H3. The molecule has 132 valence electrons. The van der Waals surface area contributed by atoms with Gasteiger partial charge >= 0.3 is 0 Å². The molecule has 2 aromatic carbocycles. The fourth-order valence-electron chi connectivity index (χ4n) is 2.57. The van der Waals surface area contributed by atoms with Crippen molar-refractivity contribution in [2.75, 3.05) is 23.8 Å². The molecule has 1 aliphatic rings. The lowest BCUT2D eigenvalue weighted by molar-refractivity contribution is 0.331. The Morgan fingerprint density at radius 2 is 1.79 bits per heavy atom. The molecule has 0 saturated carbocycles. The van der Waals surface area contributed by atoms with E-state index in [-0.39, 0.29) is 5.69 Å². The summed E-state index contributed by atoms with van der Waals surface area (Å²) < 4.78 is 5.69. The zero-order valence-electron chi connectivity index (χ0n) is 15.3. The summed E-state index contributed by atoms with van der Waals surface area (Å²) in [5, 5.41) is 0. The summed E-state index contributed by atoms with van der Waals surface area (Å²) in [5.74, 6) is 0.835. The molecule has 5 heteroatoms. The average Bonchev–Trinajstić information content (AvgIpc) is 2.86. The van der Waals surface area contributed by atoms with Crippen LogP contribution in [-0.4, -0.2) is 13.2 Å². The van der Waals surface area contributed by atoms with E-state index in [1.807, 2.05) is 44.7 Å². The molecule has 0 bridgehead atoms. The van der Waals surface area contributed by atoms with Gasteiger partial charge in [-0.3, -0.25) is 9.59 Å². The summed E-state index contributed by atoms with van der Waals surface area (Å²) >= 11 is 0. The van der Waals surface area contributed by atoms with Crippen molar-refractivity contribution in [3.05, 3.63) is 49.8 Å². The summed E-state index contributed by atoms with van der Waals surface area (Å²) in [7, 11) is 0. The first-order valence-electron chi connectivity index (χ1n) is 8.70. The topological polar surface area (TPSA) is 72.6 Å². The van der Waals surface area contributed by atoms with Crippen molar-refractivity contribution in [3.8, 4) is 5.75 Å². The molecule has 0 aromatic heterocycles. The highest BCUT2D eigenvalue weighted by molar-refractivity contribution is 5.73. The van der Waals surface area contributed by atoms with Crippen molar-refractivity contribution in [1.82, 2.24) is 0 Å². The zero-order chi connectivity index (χ0) is 18.3. The number of nitrogens with zero attached hydrogens (tertiary/aromatic N) is 1. The van der Waals surface area contributed by atoms with Crippen LogP contribution < -0.4 is 26.2 Å². The smallest absolute Gasteiger partial charge is 0.253 e. The SMILES string of the molecule is CC.CC.CCc1ccc2c(c1)CN(c1c(N)c(=O)c1=O)CCO2. The monoisotopic (exact) mass is 332 g/mol. The van der Waals surface area contributed by atoms with E-state index in [9.17, 15) is 9.59 Å². The number of fused-ring (bicyclic) bond motifs is 1. The van der Waals surface area contributed by atoms with Crippen LogP contribution >= 0.6 is 0 Å². The molecule has 5 nitrogen and oxygen atoms in total. The second-order valence-electron chi connectivity index (χ2n) is 4.99. The zero-order valence-corrected chi connectivity index (χ0v) is 15.3. The van der Waals surface area contributed by atoms with E-state index in [1.165, 1.54) is 5.56 Å². The molecule has 0 radical (unpaired) electrons. The average molecular weight is 332 g/mol. The van der Waals surface area contributed by atoms with Crippen molar-refractivity contribution >= 4 is 11.4 Å².